The molecule has 0 saturated carbocycles. The van der Waals surface area contributed by atoms with Crippen molar-refractivity contribution in [2.75, 3.05) is 12.0 Å². The van der Waals surface area contributed by atoms with E-state index in [1.807, 2.05) is 0 Å². The van der Waals surface area contributed by atoms with Crippen LogP contribution >= 0.6 is 0 Å². The highest BCUT2D eigenvalue weighted by Gasteiger charge is 2.38. The summed E-state index contributed by atoms with van der Waals surface area (Å²) in [5, 5.41) is 0. The van der Waals surface area contributed by atoms with Crippen LogP contribution in [0.5, 0.6) is 0 Å². The fourth-order valence-electron chi connectivity index (χ4n) is 2.94. The molecule has 0 unspecified atom stereocenters. The number of nitrogens with zero attached hydrogens (tertiary/aromatic N) is 2. The first-order chi connectivity index (χ1) is 12.0. The third-order valence-corrected chi connectivity index (χ3v) is 4.03. The number of aromatic nitrogens is 1. The number of carbonyl (C=O) groups excluding carboxylic acids is 3. The van der Waals surface area contributed by atoms with Crippen LogP contribution < -0.4 is 4.90 Å². The molecule has 2 heterocycles. The summed E-state index contributed by atoms with van der Waals surface area (Å²) in [4.78, 5) is 42.6. The van der Waals surface area contributed by atoms with Crippen molar-refractivity contribution in [1.29, 1.82) is 0 Å². The number of fused-ring (bicyclic) bond motifs is 2. The summed E-state index contributed by atoms with van der Waals surface area (Å²) in [6, 6.07) is 9.45. The van der Waals surface area contributed by atoms with Gasteiger partial charge in [0.2, 0.25) is 0 Å². The molecule has 7 nitrogen and oxygen atoms in total. The Morgan fingerprint density at radius 3 is 2.36 bits per heavy atom. The van der Waals surface area contributed by atoms with Gasteiger partial charge in [0.25, 0.3) is 11.8 Å². The summed E-state index contributed by atoms with van der Waals surface area (Å²) in [7, 11) is 1.25. The van der Waals surface area contributed by atoms with Gasteiger partial charge in [-0.15, -0.1) is 0 Å². The highest BCUT2D eigenvalue weighted by molar-refractivity contribution is 6.35. The molecular formula is C18H12N2O5. The lowest BCUT2D eigenvalue weighted by Gasteiger charge is -2.15. The summed E-state index contributed by atoms with van der Waals surface area (Å²) in [5.74, 6) is -1.19. The normalized spacial score (nSPS) is 13.4. The average Bonchev–Trinajstić information content (AvgIpc) is 3.11. The molecule has 0 atom stereocenters. The predicted octanol–water partition coefficient (Wildman–Crippen LogP) is 2.72. The fourth-order valence-corrected chi connectivity index (χ4v) is 2.94. The molecule has 1 aliphatic heterocycles. The Hall–Kier alpha value is -3.48. The lowest BCUT2D eigenvalue weighted by atomic mass is 10.1. The van der Waals surface area contributed by atoms with Crippen molar-refractivity contribution in [3.8, 4) is 0 Å². The number of benzene rings is 2. The Balaban J connectivity index is 1.96. The van der Waals surface area contributed by atoms with E-state index in [-0.39, 0.29) is 16.8 Å². The van der Waals surface area contributed by atoms with Crippen LogP contribution in [0.4, 0.5) is 5.69 Å². The van der Waals surface area contributed by atoms with Gasteiger partial charge in [0.1, 0.15) is 5.52 Å². The van der Waals surface area contributed by atoms with Crippen molar-refractivity contribution in [3.63, 3.8) is 0 Å². The van der Waals surface area contributed by atoms with Crippen LogP contribution in [0.3, 0.4) is 0 Å². The van der Waals surface area contributed by atoms with Gasteiger partial charge in [-0.2, -0.15) is 0 Å². The lowest BCUT2D eigenvalue weighted by Crippen LogP contribution is -2.29. The summed E-state index contributed by atoms with van der Waals surface area (Å²) < 4.78 is 10.3. The molecule has 0 radical (unpaired) electrons. The quantitative estimate of drug-likeness (QED) is 0.528. The van der Waals surface area contributed by atoms with Crippen molar-refractivity contribution >= 4 is 34.6 Å². The third-order valence-electron chi connectivity index (χ3n) is 4.03. The summed E-state index contributed by atoms with van der Waals surface area (Å²) in [6.07, 6.45) is 0. The Labute approximate surface area is 141 Å². The lowest BCUT2D eigenvalue weighted by molar-refractivity contribution is 0.0600. The third kappa shape index (κ3) is 2.13. The zero-order valence-electron chi connectivity index (χ0n) is 13.4. The molecule has 0 saturated heterocycles. The van der Waals surface area contributed by atoms with E-state index < -0.39 is 17.8 Å². The summed E-state index contributed by atoms with van der Waals surface area (Å²) in [5.41, 5.74) is 1.59. The molecule has 7 heteroatoms. The minimum Gasteiger partial charge on any atom is -0.465 e. The maximum absolute atomic E-state index is 12.7. The molecule has 0 spiro atoms. The number of carbonyl (C=O) groups is 3. The number of imide groups is 1. The van der Waals surface area contributed by atoms with E-state index in [9.17, 15) is 14.4 Å². The first kappa shape index (κ1) is 15.1. The molecule has 1 aromatic heterocycles. The molecule has 3 aromatic rings. The van der Waals surface area contributed by atoms with Gasteiger partial charge in [-0.25, -0.2) is 14.7 Å². The number of oxazole rings is 1. The predicted molar refractivity (Wildman–Crippen MR) is 87.7 cm³/mol. The van der Waals surface area contributed by atoms with E-state index in [0.29, 0.717) is 22.5 Å². The first-order valence-electron chi connectivity index (χ1n) is 7.48. The average molecular weight is 336 g/mol. The minimum atomic E-state index is -0.597. The molecule has 124 valence electrons. The van der Waals surface area contributed by atoms with Gasteiger partial charge in [-0.05, 0) is 24.3 Å². The van der Waals surface area contributed by atoms with Crippen molar-refractivity contribution < 1.29 is 23.5 Å². The van der Waals surface area contributed by atoms with Gasteiger partial charge in [0.05, 0.1) is 29.5 Å². The molecule has 25 heavy (non-hydrogen) atoms. The van der Waals surface area contributed by atoms with E-state index >= 15 is 0 Å². The van der Waals surface area contributed by atoms with Crippen LogP contribution in [-0.2, 0) is 4.74 Å². The SMILES string of the molecule is COC(=O)c1cc(N2C(=O)c3ccccc3C2=O)c2oc(C)nc2c1. The largest absolute Gasteiger partial charge is 0.465 e. The maximum Gasteiger partial charge on any atom is 0.338 e. The van der Waals surface area contributed by atoms with Gasteiger partial charge >= 0.3 is 5.97 Å². The van der Waals surface area contributed by atoms with Gasteiger partial charge in [-0.3, -0.25) is 9.59 Å². The molecule has 0 bridgehead atoms. The molecule has 0 aliphatic carbocycles. The summed E-state index contributed by atoms with van der Waals surface area (Å²) in [6.45, 7) is 1.64. The van der Waals surface area contributed by atoms with Gasteiger partial charge < -0.3 is 9.15 Å². The highest BCUT2D eigenvalue weighted by Crippen LogP contribution is 2.35. The van der Waals surface area contributed by atoms with Crippen molar-refractivity contribution in [2.45, 2.75) is 6.92 Å². The molecular weight excluding hydrogens is 324 g/mol. The van der Waals surface area contributed by atoms with E-state index in [1.54, 1.807) is 31.2 Å². The van der Waals surface area contributed by atoms with E-state index in [4.69, 9.17) is 9.15 Å². The Morgan fingerprint density at radius 1 is 1.12 bits per heavy atom. The Bertz CT molecular complexity index is 1030. The number of aryl methyl sites for hydroxylation is 1. The maximum atomic E-state index is 12.7. The fraction of sp³-hybridized carbons (Fsp3) is 0.111. The number of rotatable bonds is 2. The van der Waals surface area contributed by atoms with E-state index in [2.05, 4.69) is 4.98 Å². The minimum absolute atomic E-state index is 0.171. The number of amides is 2. The number of anilines is 1. The smallest absolute Gasteiger partial charge is 0.338 e. The molecule has 1 aliphatic rings. The Kier molecular flexibility index (Phi) is 3.18. The number of ether oxygens (including phenoxy) is 1. The van der Waals surface area contributed by atoms with Gasteiger partial charge in [0.15, 0.2) is 11.5 Å². The zero-order valence-corrected chi connectivity index (χ0v) is 13.4. The van der Waals surface area contributed by atoms with Crippen LogP contribution in [0.1, 0.15) is 37.0 Å². The number of methoxy groups -OCH3 is 1. The standard InChI is InChI=1S/C18H12N2O5/c1-9-19-13-7-10(18(23)24-2)8-14(15(13)25-9)20-16(21)11-5-3-4-6-12(11)17(20)22/h3-8H,1-2H3. The van der Waals surface area contributed by atoms with Crippen LogP contribution in [0.15, 0.2) is 40.8 Å². The summed E-state index contributed by atoms with van der Waals surface area (Å²) >= 11 is 0. The molecule has 2 amide bonds. The second-order valence-electron chi connectivity index (χ2n) is 5.56. The first-order valence-corrected chi connectivity index (χ1v) is 7.48. The van der Waals surface area contributed by atoms with Gasteiger partial charge in [-0.1, -0.05) is 12.1 Å². The number of esters is 1. The van der Waals surface area contributed by atoms with Crippen LogP contribution in [0.25, 0.3) is 11.1 Å². The molecule has 0 fully saturated rings. The van der Waals surface area contributed by atoms with Crippen molar-refractivity contribution in [1.82, 2.24) is 4.98 Å². The van der Waals surface area contributed by atoms with Crippen LogP contribution in [0.2, 0.25) is 0 Å². The van der Waals surface area contributed by atoms with Gasteiger partial charge in [0, 0.05) is 6.92 Å². The number of hydrogen-bond acceptors (Lipinski definition) is 6. The van der Waals surface area contributed by atoms with Crippen molar-refractivity contribution in [3.05, 3.63) is 59.0 Å². The second kappa shape index (κ2) is 5.27. The van der Waals surface area contributed by atoms with Crippen molar-refractivity contribution in [2.24, 2.45) is 0 Å². The Morgan fingerprint density at radius 2 is 1.76 bits per heavy atom. The molecule has 4 rings (SSSR count). The van der Waals surface area contributed by atoms with Crippen LogP contribution in [0, 0.1) is 6.92 Å². The topological polar surface area (TPSA) is 89.7 Å². The molecule has 0 N–H and O–H groups in total. The van der Waals surface area contributed by atoms with E-state index in [0.717, 1.165) is 4.90 Å². The monoisotopic (exact) mass is 336 g/mol. The second-order valence-corrected chi connectivity index (χ2v) is 5.56. The van der Waals surface area contributed by atoms with Crippen LogP contribution in [-0.4, -0.2) is 29.9 Å². The highest BCUT2D eigenvalue weighted by atomic mass is 16.5. The molecule has 2 aromatic carbocycles. The van der Waals surface area contributed by atoms with E-state index in [1.165, 1.54) is 19.2 Å². The number of hydrogen-bond donors (Lipinski definition) is 0. The zero-order chi connectivity index (χ0) is 17.7.